The lowest BCUT2D eigenvalue weighted by molar-refractivity contribution is 0.305. The van der Waals surface area contributed by atoms with E-state index in [4.69, 9.17) is 9.97 Å². The average Bonchev–Trinajstić information content (AvgIpc) is 2.57. The molecule has 2 aromatic rings. The van der Waals surface area contributed by atoms with Gasteiger partial charge in [-0.3, -0.25) is 4.98 Å². The summed E-state index contributed by atoms with van der Waals surface area (Å²) >= 11 is 6.79. The van der Waals surface area contributed by atoms with Crippen molar-refractivity contribution in [1.29, 1.82) is 0 Å². The Hall–Kier alpha value is -1.09. The standard InChI is InChI=1S/C19H24IN5S/c1-19(6-3-7-19)24-17-16(20)15(5-9-26)22-18(23-17)25-11-14(12-25)13-4-2-8-21-10-13/h2,4,8,10,14,26H,3,5-7,9,11-12H2,1H3,(H,22,23,24). The predicted molar refractivity (Wildman–Crippen MR) is 117 cm³/mol. The van der Waals surface area contributed by atoms with Gasteiger partial charge in [-0.1, -0.05) is 6.07 Å². The minimum absolute atomic E-state index is 0.178. The van der Waals surface area contributed by atoms with Gasteiger partial charge in [0.25, 0.3) is 0 Å². The first-order valence-corrected chi connectivity index (χ1v) is 10.9. The maximum absolute atomic E-state index is 4.89. The Kier molecular flexibility index (Phi) is 5.27. The summed E-state index contributed by atoms with van der Waals surface area (Å²) in [5.41, 5.74) is 2.57. The van der Waals surface area contributed by atoms with Crippen molar-refractivity contribution in [3.8, 4) is 0 Å². The number of rotatable bonds is 6. The van der Waals surface area contributed by atoms with Crippen LogP contribution < -0.4 is 10.2 Å². The molecule has 0 unspecified atom stereocenters. The summed E-state index contributed by atoms with van der Waals surface area (Å²) in [5.74, 6) is 3.13. The zero-order valence-electron chi connectivity index (χ0n) is 15.0. The third kappa shape index (κ3) is 3.65. The van der Waals surface area contributed by atoms with Gasteiger partial charge >= 0.3 is 0 Å². The Bertz CT molecular complexity index is 775. The first kappa shape index (κ1) is 18.3. The molecule has 0 atom stereocenters. The molecule has 2 fully saturated rings. The molecule has 0 amide bonds. The van der Waals surface area contributed by atoms with Crippen LogP contribution in [0, 0.1) is 3.57 Å². The van der Waals surface area contributed by atoms with Crippen LogP contribution in [0.25, 0.3) is 0 Å². The largest absolute Gasteiger partial charge is 0.364 e. The Labute approximate surface area is 174 Å². The first-order valence-electron chi connectivity index (χ1n) is 9.18. The Morgan fingerprint density at radius 2 is 2.15 bits per heavy atom. The van der Waals surface area contributed by atoms with E-state index in [1.807, 2.05) is 18.5 Å². The van der Waals surface area contributed by atoms with Gasteiger partial charge in [-0.25, -0.2) is 4.98 Å². The van der Waals surface area contributed by atoms with E-state index in [2.05, 4.69) is 63.4 Å². The van der Waals surface area contributed by atoms with E-state index in [-0.39, 0.29) is 5.54 Å². The van der Waals surface area contributed by atoms with Gasteiger partial charge in [0.2, 0.25) is 5.95 Å². The van der Waals surface area contributed by atoms with E-state index < -0.39 is 0 Å². The minimum Gasteiger partial charge on any atom is -0.364 e. The monoisotopic (exact) mass is 481 g/mol. The molecule has 0 bridgehead atoms. The summed E-state index contributed by atoms with van der Waals surface area (Å²) in [4.78, 5) is 16.2. The molecule has 1 N–H and O–H groups in total. The van der Waals surface area contributed by atoms with Crippen molar-refractivity contribution in [3.05, 3.63) is 39.4 Å². The zero-order chi connectivity index (χ0) is 18.1. The summed E-state index contributed by atoms with van der Waals surface area (Å²) in [5, 5.41) is 3.69. The van der Waals surface area contributed by atoms with E-state index in [1.165, 1.54) is 24.8 Å². The molecule has 1 aliphatic carbocycles. The van der Waals surface area contributed by atoms with Crippen LogP contribution in [0.15, 0.2) is 24.5 Å². The fourth-order valence-electron chi connectivity index (χ4n) is 3.56. The van der Waals surface area contributed by atoms with Gasteiger partial charge in [-0.05, 0) is 72.6 Å². The van der Waals surface area contributed by atoms with Crippen molar-refractivity contribution in [2.45, 2.75) is 44.1 Å². The third-order valence-corrected chi connectivity index (χ3v) is 6.81. The van der Waals surface area contributed by atoms with Crippen molar-refractivity contribution in [2.75, 3.05) is 29.1 Å². The summed E-state index contributed by atoms with van der Waals surface area (Å²) in [7, 11) is 0. The highest BCUT2D eigenvalue weighted by Crippen LogP contribution is 2.37. The molecule has 138 valence electrons. The first-order chi connectivity index (χ1) is 12.6. The highest BCUT2D eigenvalue weighted by molar-refractivity contribution is 14.1. The van der Waals surface area contributed by atoms with Crippen LogP contribution in [-0.4, -0.2) is 39.3 Å². The van der Waals surface area contributed by atoms with Crippen molar-refractivity contribution in [1.82, 2.24) is 15.0 Å². The van der Waals surface area contributed by atoms with Crippen LogP contribution in [0.5, 0.6) is 0 Å². The van der Waals surface area contributed by atoms with Gasteiger partial charge in [0.05, 0.1) is 9.26 Å². The number of hydrogen-bond donors (Lipinski definition) is 2. The smallest absolute Gasteiger partial charge is 0.227 e. The van der Waals surface area contributed by atoms with E-state index in [0.29, 0.717) is 5.92 Å². The van der Waals surface area contributed by atoms with E-state index >= 15 is 0 Å². The van der Waals surface area contributed by atoms with Crippen LogP contribution >= 0.6 is 35.2 Å². The Morgan fingerprint density at radius 1 is 1.35 bits per heavy atom. The van der Waals surface area contributed by atoms with Crippen LogP contribution in [0.4, 0.5) is 11.8 Å². The number of anilines is 2. The Balaban J connectivity index is 1.55. The highest BCUT2D eigenvalue weighted by Gasteiger charge is 2.34. The number of pyridine rings is 1. The van der Waals surface area contributed by atoms with Crippen LogP contribution in [0.2, 0.25) is 0 Å². The molecule has 2 aliphatic rings. The normalized spacial score (nSPS) is 19.0. The number of aromatic nitrogens is 3. The fourth-order valence-corrected chi connectivity index (χ4v) is 4.42. The molecular weight excluding hydrogens is 457 g/mol. The number of nitrogens with zero attached hydrogens (tertiary/aromatic N) is 4. The van der Waals surface area contributed by atoms with Gasteiger partial charge in [-0.15, -0.1) is 0 Å². The van der Waals surface area contributed by atoms with Gasteiger partial charge in [-0.2, -0.15) is 17.6 Å². The lowest BCUT2D eigenvalue weighted by atomic mass is 9.78. The predicted octanol–water partition coefficient (Wildman–Crippen LogP) is 3.91. The average molecular weight is 481 g/mol. The molecule has 2 aromatic heterocycles. The molecule has 4 rings (SSSR count). The molecule has 0 spiro atoms. The number of aryl methyl sites for hydroxylation is 1. The van der Waals surface area contributed by atoms with Crippen molar-refractivity contribution in [2.24, 2.45) is 0 Å². The highest BCUT2D eigenvalue weighted by atomic mass is 127. The quantitative estimate of drug-likeness (QED) is 0.484. The molecule has 3 heterocycles. The second-order valence-corrected chi connectivity index (χ2v) is 9.06. The Morgan fingerprint density at radius 3 is 2.77 bits per heavy atom. The maximum atomic E-state index is 4.89. The molecule has 1 saturated heterocycles. The van der Waals surface area contributed by atoms with E-state index in [9.17, 15) is 0 Å². The van der Waals surface area contributed by atoms with Gasteiger partial charge in [0.1, 0.15) is 5.82 Å². The topological polar surface area (TPSA) is 53.9 Å². The van der Waals surface area contributed by atoms with E-state index in [1.54, 1.807) is 0 Å². The van der Waals surface area contributed by atoms with Crippen LogP contribution in [0.3, 0.4) is 0 Å². The molecule has 1 aliphatic heterocycles. The molecule has 5 nitrogen and oxygen atoms in total. The van der Waals surface area contributed by atoms with Crippen LogP contribution in [0.1, 0.15) is 43.4 Å². The third-order valence-electron chi connectivity index (χ3n) is 5.45. The minimum atomic E-state index is 0.178. The van der Waals surface area contributed by atoms with Crippen LogP contribution in [-0.2, 0) is 6.42 Å². The molecule has 26 heavy (non-hydrogen) atoms. The fraction of sp³-hybridized carbons (Fsp3) is 0.526. The van der Waals surface area contributed by atoms with Crippen molar-refractivity contribution < 1.29 is 0 Å². The second kappa shape index (κ2) is 7.50. The van der Waals surface area contributed by atoms with E-state index in [0.717, 1.165) is 46.3 Å². The van der Waals surface area contributed by atoms with Gasteiger partial charge in [0, 0.05) is 36.9 Å². The summed E-state index contributed by atoms with van der Waals surface area (Å²) in [6.07, 6.45) is 8.36. The number of nitrogens with one attached hydrogen (secondary N) is 1. The number of hydrogen-bond acceptors (Lipinski definition) is 6. The van der Waals surface area contributed by atoms with Crippen molar-refractivity contribution >= 4 is 47.0 Å². The molecular formula is C19H24IN5S. The SMILES string of the molecule is CC1(Nc2nc(N3CC(c4cccnc4)C3)nc(CCS)c2I)CCC1. The maximum Gasteiger partial charge on any atom is 0.227 e. The van der Waals surface area contributed by atoms with Gasteiger partial charge < -0.3 is 10.2 Å². The summed E-state index contributed by atoms with van der Waals surface area (Å²) < 4.78 is 1.14. The zero-order valence-corrected chi connectivity index (χ0v) is 18.0. The number of thiol groups is 1. The molecule has 7 heteroatoms. The lowest BCUT2D eigenvalue weighted by Crippen LogP contribution is -2.46. The summed E-state index contributed by atoms with van der Waals surface area (Å²) in [6.45, 7) is 4.18. The van der Waals surface area contributed by atoms with Gasteiger partial charge in [0.15, 0.2) is 0 Å². The lowest BCUT2D eigenvalue weighted by Gasteiger charge is -2.41. The second-order valence-electron chi connectivity index (χ2n) is 7.53. The summed E-state index contributed by atoms with van der Waals surface area (Å²) in [6, 6.07) is 4.16. The molecule has 0 radical (unpaired) electrons. The van der Waals surface area contributed by atoms with Crippen molar-refractivity contribution in [3.63, 3.8) is 0 Å². The number of halogens is 1. The molecule has 1 saturated carbocycles. The molecule has 0 aromatic carbocycles.